The quantitative estimate of drug-likeness (QED) is 0.875. The van der Waals surface area contributed by atoms with Crippen molar-refractivity contribution in [2.75, 3.05) is 0 Å². The number of hydrogen-bond acceptors (Lipinski definition) is 3. The summed E-state index contributed by atoms with van der Waals surface area (Å²) in [6, 6.07) is 3.33. The molecule has 0 radical (unpaired) electrons. The third kappa shape index (κ3) is 4.85. The van der Waals surface area contributed by atoms with E-state index < -0.39 is 17.4 Å². The second-order valence-corrected chi connectivity index (χ2v) is 5.31. The summed E-state index contributed by atoms with van der Waals surface area (Å²) in [7, 11) is 0. The van der Waals surface area contributed by atoms with E-state index in [1.54, 1.807) is 6.92 Å². The normalized spacial score (nSPS) is 15.1. The van der Waals surface area contributed by atoms with E-state index in [2.05, 4.69) is 16.5 Å². The summed E-state index contributed by atoms with van der Waals surface area (Å²) in [6.45, 7) is 6.03. The van der Waals surface area contributed by atoms with Crippen LogP contribution in [0.1, 0.15) is 39.3 Å². The zero-order chi connectivity index (χ0) is 15.4. The van der Waals surface area contributed by atoms with E-state index in [1.165, 1.54) is 10.9 Å². The molecule has 1 aromatic heterocycles. The lowest BCUT2D eigenvalue weighted by Gasteiger charge is -2.25. The monoisotopic (exact) mass is 288 g/mol. The lowest BCUT2D eigenvalue weighted by molar-refractivity contribution is -0.141. The van der Waals surface area contributed by atoms with Crippen LogP contribution in [0.15, 0.2) is 12.3 Å². The minimum absolute atomic E-state index is 0.168. The van der Waals surface area contributed by atoms with Gasteiger partial charge in [0, 0.05) is 18.8 Å². The predicted molar refractivity (Wildman–Crippen MR) is 68.8 cm³/mol. The van der Waals surface area contributed by atoms with Crippen molar-refractivity contribution in [3.63, 3.8) is 0 Å². The Balaban J connectivity index is 2.52. The minimum Gasteiger partial charge on any atom is -0.297 e. The van der Waals surface area contributed by atoms with Crippen molar-refractivity contribution >= 4 is 0 Å². The van der Waals surface area contributed by atoms with Crippen LogP contribution in [0.5, 0.6) is 0 Å². The summed E-state index contributed by atoms with van der Waals surface area (Å²) in [4.78, 5) is 0. The van der Waals surface area contributed by atoms with Gasteiger partial charge in [0.1, 0.15) is 5.54 Å². The third-order valence-corrected chi connectivity index (χ3v) is 2.85. The molecule has 1 N–H and O–H groups in total. The molecule has 1 heterocycles. The standard InChI is InChI=1S/C13H19F3N4/c1-10(2)18-12(3,9-17)6-4-7-20-8-5-11(19-20)13(14,15)16/h5,8,10,18H,4,6-7H2,1-3H3. The largest absolute Gasteiger partial charge is 0.435 e. The first-order chi connectivity index (χ1) is 9.16. The van der Waals surface area contributed by atoms with E-state index in [4.69, 9.17) is 5.26 Å². The number of rotatable bonds is 6. The highest BCUT2D eigenvalue weighted by atomic mass is 19.4. The molecule has 1 aromatic rings. The lowest BCUT2D eigenvalue weighted by Crippen LogP contribution is -2.45. The SMILES string of the molecule is CC(C)NC(C)(C#N)CCCn1ccc(C(F)(F)F)n1. The van der Waals surface area contributed by atoms with Gasteiger partial charge in [-0.1, -0.05) is 0 Å². The maximum Gasteiger partial charge on any atom is 0.435 e. The molecule has 0 spiro atoms. The van der Waals surface area contributed by atoms with Crippen molar-refractivity contribution in [3.8, 4) is 6.07 Å². The van der Waals surface area contributed by atoms with Gasteiger partial charge in [-0.15, -0.1) is 0 Å². The Morgan fingerprint density at radius 3 is 2.55 bits per heavy atom. The highest BCUT2D eigenvalue weighted by molar-refractivity contribution is 5.05. The summed E-state index contributed by atoms with van der Waals surface area (Å²) < 4.78 is 38.4. The van der Waals surface area contributed by atoms with E-state index >= 15 is 0 Å². The lowest BCUT2D eigenvalue weighted by atomic mass is 9.96. The fourth-order valence-corrected chi connectivity index (χ4v) is 2.03. The number of aromatic nitrogens is 2. The van der Waals surface area contributed by atoms with Crippen molar-refractivity contribution in [1.29, 1.82) is 5.26 Å². The highest BCUT2D eigenvalue weighted by Crippen LogP contribution is 2.27. The second-order valence-electron chi connectivity index (χ2n) is 5.31. The number of halogens is 3. The Kier molecular flexibility index (Phi) is 5.17. The molecular formula is C13H19F3N4. The molecule has 7 heteroatoms. The number of nitrogens with zero attached hydrogens (tertiary/aromatic N) is 3. The van der Waals surface area contributed by atoms with Gasteiger partial charge >= 0.3 is 6.18 Å². The van der Waals surface area contributed by atoms with Crippen molar-refractivity contribution < 1.29 is 13.2 Å². The number of nitrogens with one attached hydrogen (secondary N) is 1. The van der Waals surface area contributed by atoms with Crippen molar-refractivity contribution in [3.05, 3.63) is 18.0 Å². The van der Waals surface area contributed by atoms with Gasteiger partial charge in [-0.05, 0) is 39.7 Å². The summed E-state index contributed by atoms with van der Waals surface area (Å²) in [6.07, 6.45) is -1.99. The van der Waals surface area contributed by atoms with E-state index in [9.17, 15) is 13.2 Å². The van der Waals surface area contributed by atoms with E-state index in [0.717, 1.165) is 6.07 Å². The molecule has 0 fully saturated rings. The van der Waals surface area contributed by atoms with E-state index in [0.29, 0.717) is 19.4 Å². The maximum atomic E-state index is 12.4. The van der Waals surface area contributed by atoms with Crippen LogP contribution in [0.3, 0.4) is 0 Å². The first kappa shape index (κ1) is 16.5. The molecular weight excluding hydrogens is 269 g/mol. The van der Waals surface area contributed by atoms with Crippen LogP contribution in [0, 0.1) is 11.3 Å². The molecule has 1 unspecified atom stereocenters. The van der Waals surface area contributed by atoms with Crippen molar-refractivity contribution in [1.82, 2.24) is 15.1 Å². The zero-order valence-electron chi connectivity index (χ0n) is 11.8. The van der Waals surface area contributed by atoms with Gasteiger partial charge in [-0.25, -0.2) is 0 Å². The van der Waals surface area contributed by atoms with Crippen LogP contribution < -0.4 is 5.32 Å². The molecule has 0 saturated heterocycles. The first-order valence-electron chi connectivity index (χ1n) is 6.46. The number of aryl methyl sites for hydroxylation is 1. The molecule has 0 aliphatic carbocycles. The summed E-state index contributed by atoms with van der Waals surface area (Å²) in [5.74, 6) is 0. The molecule has 112 valence electrons. The third-order valence-electron chi connectivity index (χ3n) is 2.85. The average Bonchev–Trinajstić information content (AvgIpc) is 2.76. The van der Waals surface area contributed by atoms with Gasteiger partial charge in [0.2, 0.25) is 0 Å². The van der Waals surface area contributed by atoms with Gasteiger partial charge in [-0.3, -0.25) is 10.00 Å². The Labute approximate surface area is 116 Å². The van der Waals surface area contributed by atoms with Gasteiger partial charge in [0.05, 0.1) is 6.07 Å². The molecule has 1 rings (SSSR count). The van der Waals surface area contributed by atoms with Gasteiger partial charge in [-0.2, -0.15) is 23.5 Å². The van der Waals surface area contributed by atoms with Crippen LogP contribution in [-0.4, -0.2) is 21.4 Å². The molecule has 0 aliphatic rings. The Morgan fingerprint density at radius 2 is 2.10 bits per heavy atom. The topological polar surface area (TPSA) is 53.6 Å². The van der Waals surface area contributed by atoms with Crippen LogP contribution >= 0.6 is 0 Å². The maximum absolute atomic E-state index is 12.4. The van der Waals surface area contributed by atoms with Gasteiger partial charge in [0.15, 0.2) is 5.69 Å². The van der Waals surface area contributed by atoms with Crippen molar-refractivity contribution in [2.45, 2.75) is 57.9 Å². The fraction of sp³-hybridized carbons (Fsp3) is 0.692. The van der Waals surface area contributed by atoms with E-state index in [-0.39, 0.29) is 6.04 Å². The van der Waals surface area contributed by atoms with Crippen LogP contribution in [0.25, 0.3) is 0 Å². The highest BCUT2D eigenvalue weighted by Gasteiger charge is 2.33. The first-order valence-corrected chi connectivity index (χ1v) is 6.46. The van der Waals surface area contributed by atoms with Crippen LogP contribution in [0.2, 0.25) is 0 Å². The summed E-state index contributed by atoms with van der Waals surface area (Å²) >= 11 is 0. The Bertz CT molecular complexity index is 473. The molecule has 0 amide bonds. The zero-order valence-corrected chi connectivity index (χ0v) is 11.8. The fourth-order valence-electron chi connectivity index (χ4n) is 2.03. The molecule has 0 aromatic carbocycles. The summed E-state index contributed by atoms with van der Waals surface area (Å²) in [5, 5.41) is 15.8. The molecule has 1 atom stereocenters. The predicted octanol–water partition coefficient (Wildman–Crippen LogP) is 2.96. The van der Waals surface area contributed by atoms with Crippen LogP contribution in [0.4, 0.5) is 13.2 Å². The Morgan fingerprint density at radius 1 is 1.45 bits per heavy atom. The number of alkyl halides is 3. The van der Waals surface area contributed by atoms with Gasteiger partial charge < -0.3 is 0 Å². The molecule has 20 heavy (non-hydrogen) atoms. The number of nitriles is 1. The molecule has 0 aliphatic heterocycles. The number of hydrogen-bond donors (Lipinski definition) is 1. The molecule has 0 saturated carbocycles. The van der Waals surface area contributed by atoms with Gasteiger partial charge in [0.25, 0.3) is 0 Å². The van der Waals surface area contributed by atoms with Crippen molar-refractivity contribution in [2.24, 2.45) is 0 Å². The summed E-state index contributed by atoms with van der Waals surface area (Å²) in [5.41, 5.74) is -1.56. The Hall–Kier alpha value is -1.55. The second kappa shape index (κ2) is 6.27. The smallest absolute Gasteiger partial charge is 0.297 e. The molecule has 4 nitrogen and oxygen atoms in total. The molecule has 0 bridgehead atoms. The average molecular weight is 288 g/mol. The minimum atomic E-state index is -4.41. The van der Waals surface area contributed by atoms with Crippen LogP contribution in [-0.2, 0) is 12.7 Å². The van der Waals surface area contributed by atoms with E-state index in [1.807, 2.05) is 13.8 Å².